The summed E-state index contributed by atoms with van der Waals surface area (Å²) in [6.07, 6.45) is 12.6. The van der Waals surface area contributed by atoms with Gasteiger partial charge < -0.3 is 29.2 Å². The molecule has 0 unspecified atom stereocenters. The van der Waals surface area contributed by atoms with Gasteiger partial charge in [0, 0.05) is 39.8 Å². The van der Waals surface area contributed by atoms with Crippen molar-refractivity contribution in [2.75, 3.05) is 27.4 Å². The topological polar surface area (TPSA) is 77.4 Å². The lowest BCUT2D eigenvalue weighted by molar-refractivity contribution is 0.248. The first kappa shape index (κ1) is 48.0. The summed E-state index contributed by atoms with van der Waals surface area (Å²) in [7, 11) is 3.24. The first-order valence-electron chi connectivity index (χ1n) is 22.9. The zero-order valence-electron chi connectivity index (χ0n) is 40.2. The number of allylic oxidation sites excluding steroid dienone is 2. The van der Waals surface area contributed by atoms with Gasteiger partial charge in [-0.2, -0.15) is 0 Å². The minimum Gasteiger partial charge on any atom is -0.507 e. The van der Waals surface area contributed by atoms with E-state index in [1.807, 2.05) is 126 Å². The van der Waals surface area contributed by atoms with E-state index in [1.54, 1.807) is 14.2 Å². The second kappa shape index (κ2) is 22.0. The summed E-state index contributed by atoms with van der Waals surface area (Å²) in [5, 5.41) is 27.7. The van der Waals surface area contributed by atoms with Crippen molar-refractivity contribution in [3.8, 4) is 67.9 Å². The van der Waals surface area contributed by atoms with Gasteiger partial charge in [0.2, 0.25) is 0 Å². The van der Waals surface area contributed by atoms with Crippen molar-refractivity contribution < 1.29 is 29.2 Å². The molecule has 8 rings (SSSR count). The highest BCUT2D eigenvalue weighted by molar-refractivity contribution is 6.05. The summed E-state index contributed by atoms with van der Waals surface area (Å²) in [4.78, 5) is 0. The molecule has 6 nitrogen and oxygen atoms in total. The zero-order valence-corrected chi connectivity index (χ0v) is 40.2. The maximum Gasteiger partial charge on any atom is 0.131 e. The number of aryl methyl sites for hydroxylation is 3. The molecule has 0 radical (unpaired) electrons. The predicted octanol–water partition coefficient (Wildman–Crippen LogP) is 16.2. The average Bonchev–Trinajstić information content (AvgIpc) is 3.35. The number of phenolic OH excluding ortho intramolecular Hbond substituents is 2. The molecule has 0 aliphatic carbocycles. The number of rotatable bonds is 15. The van der Waals surface area contributed by atoms with Gasteiger partial charge in [-0.1, -0.05) is 104 Å². The van der Waals surface area contributed by atoms with Crippen LogP contribution in [-0.2, 0) is 0 Å². The van der Waals surface area contributed by atoms with Crippen LogP contribution < -0.4 is 18.9 Å². The summed E-state index contributed by atoms with van der Waals surface area (Å²) < 4.78 is 23.8. The fourth-order valence-corrected chi connectivity index (χ4v) is 8.70. The third kappa shape index (κ3) is 10.5. The highest BCUT2D eigenvalue weighted by Gasteiger charge is 2.21. The van der Waals surface area contributed by atoms with Crippen molar-refractivity contribution in [2.24, 2.45) is 0 Å². The number of aromatic hydroxyl groups is 2. The lowest BCUT2D eigenvalue weighted by Crippen LogP contribution is -2.06. The first-order valence-corrected chi connectivity index (χ1v) is 22.9. The van der Waals surface area contributed by atoms with Gasteiger partial charge in [0.15, 0.2) is 0 Å². The van der Waals surface area contributed by atoms with Crippen LogP contribution in [0.1, 0.15) is 59.2 Å². The molecule has 0 amide bonds. The van der Waals surface area contributed by atoms with E-state index in [1.165, 1.54) is 21.9 Å². The van der Waals surface area contributed by atoms with E-state index in [9.17, 15) is 10.2 Å². The van der Waals surface area contributed by atoms with E-state index >= 15 is 0 Å². The lowest BCUT2D eigenvalue weighted by atomic mass is 9.86. The van der Waals surface area contributed by atoms with Crippen LogP contribution in [0.5, 0.6) is 34.5 Å². The van der Waals surface area contributed by atoms with E-state index in [0.29, 0.717) is 64.9 Å². The zero-order chi connectivity index (χ0) is 48.3. The number of phenols is 2. The van der Waals surface area contributed by atoms with Crippen molar-refractivity contribution in [2.45, 2.75) is 41.0 Å². The van der Waals surface area contributed by atoms with E-state index < -0.39 is 0 Å². The number of benzene rings is 8. The number of hydrogen-bond donors (Lipinski definition) is 2. The molecule has 0 saturated heterocycles. The number of hydrogen-bond acceptors (Lipinski definition) is 6. The van der Waals surface area contributed by atoms with Gasteiger partial charge >= 0.3 is 0 Å². The second-order valence-corrected chi connectivity index (χ2v) is 16.7. The van der Waals surface area contributed by atoms with E-state index in [2.05, 4.69) is 86.0 Å². The maximum atomic E-state index is 12.2. The molecule has 0 spiro atoms. The van der Waals surface area contributed by atoms with E-state index in [-0.39, 0.29) is 11.5 Å². The van der Waals surface area contributed by atoms with E-state index in [4.69, 9.17) is 18.9 Å². The standard InChI is InChI=1S/C47H46O6.C15H14/c1-8-13-32-26-33-14-10-11-15-37(33)45(36(32)9-2)42-25-30(4)24-41(47(42)49)39-28-35(51-7)17-19-44(39)53-21-12-20-52-43-18-16-34(50-6)27-38(43)40-23-29(3)22-31(5)46(40)48;1-3-7-13-11-15-9-6-5-8-14(15)10-12(13)4-2/h8-11,13-19,22-28,48-49H,2,12,20-21H2,1,3-7H3;3-11H,2H2,1H3/b13-8-;7-3-. The maximum absolute atomic E-state index is 12.2. The fourth-order valence-electron chi connectivity index (χ4n) is 8.70. The Labute approximate surface area is 401 Å². The summed E-state index contributed by atoms with van der Waals surface area (Å²) in [6.45, 7) is 18.7. The molecule has 68 heavy (non-hydrogen) atoms. The molecule has 0 fully saturated rings. The van der Waals surface area contributed by atoms with Crippen molar-refractivity contribution in [3.63, 3.8) is 0 Å². The van der Waals surface area contributed by atoms with Crippen molar-refractivity contribution in [1.82, 2.24) is 0 Å². The van der Waals surface area contributed by atoms with Gasteiger partial charge in [0.05, 0.1) is 27.4 Å². The minimum absolute atomic E-state index is 0.143. The van der Waals surface area contributed by atoms with Crippen LogP contribution >= 0.6 is 0 Å². The highest BCUT2D eigenvalue weighted by atomic mass is 16.5. The average molecular weight is 901 g/mol. The third-order valence-electron chi connectivity index (χ3n) is 11.9. The Balaban J connectivity index is 0.000000386. The van der Waals surface area contributed by atoms with Gasteiger partial charge in [0.1, 0.15) is 34.5 Å². The quantitative estimate of drug-likeness (QED) is 0.0998. The molecule has 0 aromatic heterocycles. The van der Waals surface area contributed by atoms with Gasteiger partial charge in [-0.25, -0.2) is 0 Å². The van der Waals surface area contributed by atoms with Crippen LogP contribution in [-0.4, -0.2) is 37.6 Å². The van der Waals surface area contributed by atoms with Crippen LogP contribution in [0.2, 0.25) is 0 Å². The summed E-state index contributed by atoms with van der Waals surface area (Å²) >= 11 is 0. The fraction of sp³-hybridized carbons (Fsp3) is 0.161. The Kier molecular flexibility index (Phi) is 15.5. The molecular weight excluding hydrogens is 841 g/mol. The van der Waals surface area contributed by atoms with Crippen LogP contribution in [0.15, 0.2) is 153 Å². The number of methoxy groups -OCH3 is 2. The Morgan fingerprint density at radius 1 is 0.500 bits per heavy atom. The monoisotopic (exact) mass is 900 g/mol. The summed E-state index contributed by atoms with van der Waals surface area (Å²) in [6, 6.07) is 42.2. The molecule has 2 N–H and O–H groups in total. The Bertz CT molecular complexity index is 3190. The molecular formula is C62H60O6. The first-order chi connectivity index (χ1) is 33.0. The Morgan fingerprint density at radius 2 is 1.00 bits per heavy atom. The van der Waals surface area contributed by atoms with Crippen LogP contribution in [0.4, 0.5) is 0 Å². The molecule has 0 atom stereocenters. The van der Waals surface area contributed by atoms with Gasteiger partial charge in [0.25, 0.3) is 0 Å². The largest absolute Gasteiger partial charge is 0.507 e. The number of ether oxygens (including phenoxy) is 4. The smallest absolute Gasteiger partial charge is 0.131 e. The number of fused-ring (bicyclic) bond motifs is 2. The van der Waals surface area contributed by atoms with Crippen molar-refractivity contribution in [1.29, 1.82) is 0 Å². The van der Waals surface area contributed by atoms with Gasteiger partial charge in [-0.15, -0.1) is 0 Å². The molecule has 8 aromatic rings. The highest BCUT2D eigenvalue weighted by Crippen LogP contribution is 2.47. The third-order valence-corrected chi connectivity index (χ3v) is 11.9. The molecule has 0 bridgehead atoms. The van der Waals surface area contributed by atoms with Crippen LogP contribution in [0.25, 0.3) is 79.2 Å². The molecule has 0 aliphatic heterocycles. The molecule has 6 heteroatoms. The Morgan fingerprint density at radius 3 is 1.56 bits per heavy atom. The van der Waals surface area contributed by atoms with Crippen molar-refractivity contribution in [3.05, 3.63) is 192 Å². The lowest BCUT2D eigenvalue weighted by Gasteiger charge is -2.20. The van der Waals surface area contributed by atoms with Crippen LogP contribution in [0, 0.1) is 20.8 Å². The second-order valence-electron chi connectivity index (χ2n) is 16.7. The molecule has 344 valence electrons. The summed E-state index contributed by atoms with van der Waals surface area (Å²) in [5.74, 6) is 2.92. The minimum atomic E-state index is 0.143. The molecule has 8 aromatic carbocycles. The van der Waals surface area contributed by atoms with Gasteiger partial charge in [-0.05, 0) is 168 Å². The predicted molar refractivity (Wildman–Crippen MR) is 286 cm³/mol. The molecule has 0 saturated carbocycles. The van der Waals surface area contributed by atoms with E-state index in [0.717, 1.165) is 49.7 Å². The Hall–Kier alpha value is -7.96. The molecule has 0 heterocycles. The normalized spacial score (nSPS) is 11.2. The van der Waals surface area contributed by atoms with Crippen LogP contribution in [0.3, 0.4) is 0 Å². The molecule has 0 aliphatic rings. The SMILES string of the molecule is C=Cc1c(/C=C\C)cc2ccccc2c1-c1cc(C)cc(-c2cc(OC)ccc2OCCCOc2ccc(OC)cc2-c2cc(C)cc(C)c2O)c1O.C=Cc1cc2ccccc2cc1/C=C\C. The van der Waals surface area contributed by atoms with Crippen molar-refractivity contribution >= 4 is 45.8 Å². The summed E-state index contributed by atoms with van der Waals surface area (Å²) in [5.41, 5.74) is 11.6. The van der Waals surface area contributed by atoms with Gasteiger partial charge in [-0.3, -0.25) is 0 Å².